The molecule has 48 heavy (non-hydrogen) atoms. The number of allylic oxidation sites excluding steroid dienone is 8. The zero-order valence-corrected chi connectivity index (χ0v) is 30.2. The van der Waals surface area contributed by atoms with Crippen LogP contribution in [0.1, 0.15) is 129 Å². The van der Waals surface area contributed by atoms with Crippen LogP contribution in [-0.2, 0) is 32.7 Å². The van der Waals surface area contributed by atoms with Gasteiger partial charge in [0.15, 0.2) is 6.04 Å². The smallest absolute Gasteiger partial charge is 0.472 e. The summed E-state index contributed by atoms with van der Waals surface area (Å²) >= 11 is 0. The Balaban J connectivity index is 3.96. The number of carbonyl (C=O) groups is 3. The van der Waals surface area contributed by atoms with E-state index in [0.29, 0.717) is 12.8 Å². The zero-order chi connectivity index (χ0) is 35.7. The van der Waals surface area contributed by atoms with Crippen LogP contribution in [0.25, 0.3) is 0 Å². The zero-order valence-electron chi connectivity index (χ0n) is 29.3. The minimum Gasteiger partial charge on any atom is -0.480 e. The van der Waals surface area contributed by atoms with E-state index in [-0.39, 0.29) is 12.8 Å². The molecule has 0 aliphatic heterocycles. The normalized spacial score (nSPS) is 14.6. The molecule has 0 bridgehead atoms. The van der Waals surface area contributed by atoms with Crippen LogP contribution < -0.4 is 5.32 Å². The fraction of sp³-hybridized carbons (Fsp3) is 0.694. The third kappa shape index (κ3) is 30.8. The summed E-state index contributed by atoms with van der Waals surface area (Å²) in [5, 5.41) is 21.5. The quantitative estimate of drug-likeness (QED) is 0.0235. The van der Waals surface area contributed by atoms with E-state index in [0.717, 1.165) is 64.2 Å². The number of phosphoric acid groups is 1. The van der Waals surface area contributed by atoms with Crippen molar-refractivity contribution < 1.29 is 47.8 Å². The summed E-state index contributed by atoms with van der Waals surface area (Å²) in [6, 6.07) is -1.54. The van der Waals surface area contributed by atoms with E-state index in [1.807, 2.05) is 0 Å². The molecule has 0 aromatic heterocycles. The standard InChI is InChI=1S/C36H62NO10P/c1-3-5-7-9-10-11-12-13-14-15-16-17-18-19-20-21-22-24-26-28-35(40)45-29-32(38)30-46-48(43,44)47-31-33(36(41)42)37-34(39)27-25-23-8-6-4-2/h10-11,13-14,16-17,19-20,32-33,38H,3-9,12,15,18,21-31H2,1-2H3,(H,37,39)(H,41,42)(H,43,44)/b11-10-,14-13-,17-16-,20-19-. The first-order valence-electron chi connectivity index (χ1n) is 17.7. The molecule has 12 heteroatoms. The molecule has 0 fully saturated rings. The van der Waals surface area contributed by atoms with Crippen LogP contribution in [0.5, 0.6) is 0 Å². The lowest BCUT2D eigenvalue weighted by molar-refractivity contribution is -0.147. The maximum atomic E-state index is 12.1. The van der Waals surface area contributed by atoms with Crippen molar-refractivity contribution in [3.05, 3.63) is 48.6 Å². The number of nitrogens with one attached hydrogen (secondary N) is 1. The molecule has 3 unspecified atom stereocenters. The second-order valence-corrected chi connectivity index (χ2v) is 13.2. The number of hydrogen-bond acceptors (Lipinski definition) is 8. The predicted octanol–water partition coefficient (Wildman–Crippen LogP) is 7.88. The Morgan fingerprint density at radius 3 is 1.73 bits per heavy atom. The number of amides is 1. The molecule has 0 rings (SSSR count). The molecular formula is C36H62NO10P. The fourth-order valence-corrected chi connectivity index (χ4v) is 5.07. The third-order valence-electron chi connectivity index (χ3n) is 7.12. The van der Waals surface area contributed by atoms with E-state index in [4.69, 9.17) is 13.8 Å². The number of aliphatic carboxylic acids is 1. The van der Waals surface area contributed by atoms with Crippen molar-refractivity contribution in [1.82, 2.24) is 5.32 Å². The van der Waals surface area contributed by atoms with Crippen LogP contribution in [0.15, 0.2) is 48.6 Å². The first kappa shape index (κ1) is 45.4. The number of ether oxygens (including phenoxy) is 1. The first-order chi connectivity index (χ1) is 23.1. The topological polar surface area (TPSA) is 169 Å². The van der Waals surface area contributed by atoms with Crippen LogP contribution in [-0.4, -0.2) is 64.9 Å². The Labute approximate surface area is 288 Å². The van der Waals surface area contributed by atoms with E-state index in [9.17, 15) is 34.1 Å². The Morgan fingerprint density at radius 2 is 1.15 bits per heavy atom. The van der Waals surface area contributed by atoms with Gasteiger partial charge < -0.3 is 25.2 Å². The molecule has 3 atom stereocenters. The highest BCUT2D eigenvalue weighted by atomic mass is 31.2. The highest BCUT2D eigenvalue weighted by molar-refractivity contribution is 7.47. The van der Waals surface area contributed by atoms with Crippen molar-refractivity contribution in [2.75, 3.05) is 19.8 Å². The first-order valence-corrected chi connectivity index (χ1v) is 19.2. The predicted molar refractivity (Wildman–Crippen MR) is 189 cm³/mol. The van der Waals surface area contributed by atoms with Crippen molar-refractivity contribution in [2.24, 2.45) is 0 Å². The lowest BCUT2D eigenvalue weighted by atomic mass is 10.1. The van der Waals surface area contributed by atoms with Gasteiger partial charge in [-0.25, -0.2) is 9.36 Å². The molecule has 0 saturated carbocycles. The van der Waals surface area contributed by atoms with Gasteiger partial charge in [0.05, 0.1) is 13.2 Å². The van der Waals surface area contributed by atoms with Gasteiger partial charge in [-0.1, -0.05) is 107 Å². The van der Waals surface area contributed by atoms with Gasteiger partial charge in [-0.3, -0.25) is 18.6 Å². The number of hydrogen-bond donors (Lipinski definition) is 4. The monoisotopic (exact) mass is 699 g/mol. The molecule has 276 valence electrons. The molecule has 0 spiro atoms. The van der Waals surface area contributed by atoms with Gasteiger partial charge in [0.1, 0.15) is 12.7 Å². The highest BCUT2D eigenvalue weighted by Crippen LogP contribution is 2.43. The summed E-state index contributed by atoms with van der Waals surface area (Å²) in [5.41, 5.74) is 0. The maximum absolute atomic E-state index is 12.1. The van der Waals surface area contributed by atoms with Crippen molar-refractivity contribution in [3.8, 4) is 0 Å². The Hall–Kier alpha value is -2.56. The van der Waals surface area contributed by atoms with E-state index in [2.05, 4.69) is 67.8 Å². The van der Waals surface area contributed by atoms with Crippen molar-refractivity contribution >= 4 is 25.7 Å². The van der Waals surface area contributed by atoms with Gasteiger partial charge in [-0.2, -0.15) is 0 Å². The molecule has 0 heterocycles. The summed E-state index contributed by atoms with van der Waals surface area (Å²) in [5.74, 6) is -2.43. The Bertz CT molecular complexity index is 1010. The summed E-state index contributed by atoms with van der Waals surface area (Å²) in [6.45, 7) is 2.36. The molecule has 1 amide bonds. The van der Waals surface area contributed by atoms with E-state index >= 15 is 0 Å². The number of phosphoric ester groups is 1. The van der Waals surface area contributed by atoms with E-state index < -0.39 is 57.6 Å². The van der Waals surface area contributed by atoms with E-state index in [1.54, 1.807) is 0 Å². The number of aliphatic hydroxyl groups excluding tert-OH is 1. The molecule has 0 saturated heterocycles. The third-order valence-corrected chi connectivity index (χ3v) is 8.07. The van der Waals surface area contributed by atoms with Crippen molar-refractivity contribution in [2.45, 2.75) is 142 Å². The van der Waals surface area contributed by atoms with Crippen LogP contribution in [0.4, 0.5) is 0 Å². The fourth-order valence-electron chi connectivity index (χ4n) is 4.30. The van der Waals surface area contributed by atoms with Gasteiger partial charge in [0.2, 0.25) is 5.91 Å². The second kappa shape index (κ2) is 31.7. The number of carbonyl (C=O) groups excluding carboxylic acids is 2. The molecule has 0 radical (unpaired) electrons. The minimum absolute atomic E-state index is 0.137. The van der Waals surface area contributed by atoms with Gasteiger partial charge in [-0.05, 0) is 57.8 Å². The van der Waals surface area contributed by atoms with Crippen LogP contribution in [0.2, 0.25) is 0 Å². The lowest BCUT2D eigenvalue weighted by Crippen LogP contribution is -2.43. The summed E-state index contributed by atoms with van der Waals surface area (Å²) in [4.78, 5) is 45.2. The lowest BCUT2D eigenvalue weighted by Gasteiger charge is -2.18. The Morgan fingerprint density at radius 1 is 0.667 bits per heavy atom. The number of esters is 1. The number of unbranched alkanes of at least 4 members (excludes halogenated alkanes) is 10. The average Bonchev–Trinajstić information content (AvgIpc) is 3.05. The second-order valence-electron chi connectivity index (χ2n) is 11.7. The minimum atomic E-state index is -4.74. The van der Waals surface area contributed by atoms with Crippen LogP contribution in [0, 0.1) is 0 Å². The molecule has 0 aromatic rings. The number of aliphatic hydroxyl groups is 1. The summed E-state index contributed by atoms with van der Waals surface area (Å²) in [7, 11) is -4.74. The highest BCUT2D eigenvalue weighted by Gasteiger charge is 2.28. The number of rotatable bonds is 32. The number of carboxylic acid groups (broad SMARTS) is 1. The molecule has 0 aliphatic rings. The molecular weight excluding hydrogens is 637 g/mol. The van der Waals surface area contributed by atoms with Gasteiger partial charge >= 0.3 is 19.8 Å². The van der Waals surface area contributed by atoms with Gasteiger partial charge in [0.25, 0.3) is 0 Å². The van der Waals surface area contributed by atoms with Crippen molar-refractivity contribution in [3.63, 3.8) is 0 Å². The van der Waals surface area contributed by atoms with Crippen LogP contribution in [0.3, 0.4) is 0 Å². The number of carboxylic acids is 1. The molecule has 11 nitrogen and oxygen atoms in total. The van der Waals surface area contributed by atoms with Crippen molar-refractivity contribution in [1.29, 1.82) is 0 Å². The summed E-state index contributed by atoms with van der Waals surface area (Å²) < 4.78 is 26.5. The molecule has 0 aliphatic carbocycles. The largest absolute Gasteiger partial charge is 0.480 e. The van der Waals surface area contributed by atoms with Crippen LogP contribution >= 0.6 is 7.82 Å². The Kier molecular flexibility index (Phi) is 30.0. The van der Waals surface area contributed by atoms with E-state index in [1.165, 1.54) is 25.7 Å². The molecule has 4 N–H and O–H groups in total. The maximum Gasteiger partial charge on any atom is 0.472 e. The SMILES string of the molecule is CCCCC/C=C\C/C=C\C/C=C\C/C=C\CCCCCC(=O)OCC(O)COP(=O)(O)OCC(NC(=O)CCCCCCC)C(=O)O. The van der Waals surface area contributed by atoms with Gasteiger partial charge in [0, 0.05) is 12.8 Å². The molecule has 0 aromatic carbocycles. The van der Waals surface area contributed by atoms with Gasteiger partial charge in [-0.15, -0.1) is 0 Å². The summed E-state index contributed by atoms with van der Waals surface area (Å²) in [6.07, 6.45) is 32.1. The average molecular weight is 700 g/mol.